The van der Waals surface area contributed by atoms with Crippen LogP contribution in [0.15, 0.2) is 134 Å². The van der Waals surface area contributed by atoms with Gasteiger partial charge in [-0.3, -0.25) is 4.57 Å². The third kappa shape index (κ3) is 4.39. The normalized spacial score (nSPS) is 11.1. The molecule has 42 heavy (non-hydrogen) atoms. The minimum Gasteiger partial charge on any atom is -0.510 e. The molecular formula is C36H22N4OPt-2. The van der Waals surface area contributed by atoms with Crippen LogP contribution in [0.5, 0.6) is 11.5 Å². The first-order chi connectivity index (χ1) is 20.3. The second kappa shape index (κ2) is 10.8. The summed E-state index contributed by atoms with van der Waals surface area (Å²) >= 11 is 0. The fraction of sp³-hybridized carbons (Fsp3) is 0. The smallest absolute Gasteiger partial charge is 0.268 e. The van der Waals surface area contributed by atoms with Crippen LogP contribution in [0.2, 0.25) is 0 Å². The number of aromatic nitrogens is 4. The van der Waals surface area contributed by atoms with Gasteiger partial charge in [-0.2, -0.15) is 18.2 Å². The van der Waals surface area contributed by atoms with E-state index in [1.165, 1.54) is 0 Å². The second-order valence-electron chi connectivity index (χ2n) is 9.72. The molecule has 3 aromatic heterocycles. The third-order valence-corrected chi connectivity index (χ3v) is 7.23. The second-order valence-corrected chi connectivity index (χ2v) is 9.72. The number of rotatable bonds is 5. The van der Waals surface area contributed by atoms with Gasteiger partial charge in [0.2, 0.25) is 0 Å². The Kier molecular flexibility index (Phi) is 6.65. The maximum Gasteiger partial charge on any atom is 0.268 e. The Morgan fingerprint density at radius 1 is 0.619 bits per heavy atom. The van der Waals surface area contributed by atoms with Crippen LogP contribution >= 0.6 is 0 Å². The van der Waals surface area contributed by atoms with Crippen molar-refractivity contribution in [3.05, 3.63) is 152 Å². The molecule has 8 aromatic rings. The van der Waals surface area contributed by atoms with Crippen molar-refractivity contribution in [2.75, 3.05) is 0 Å². The molecule has 0 amide bonds. The molecule has 0 N–H and O–H groups in total. The van der Waals surface area contributed by atoms with E-state index in [-0.39, 0.29) is 21.1 Å². The van der Waals surface area contributed by atoms with Crippen LogP contribution < -0.4 is 9.30 Å². The number of nitrogens with zero attached hydrogens (tertiary/aromatic N) is 4. The van der Waals surface area contributed by atoms with E-state index in [4.69, 9.17) is 4.74 Å². The average Bonchev–Trinajstić information content (AvgIpc) is 3.58. The Balaban J connectivity index is 0.00000288. The predicted octanol–water partition coefficient (Wildman–Crippen LogP) is 7.59. The van der Waals surface area contributed by atoms with Crippen LogP contribution in [0, 0.1) is 18.5 Å². The maximum atomic E-state index is 6.36. The van der Waals surface area contributed by atoms with Gasteiger partial charge in [0.05, 0.1) is 16.7 Å². The van der Waals surface area contributed by atoms with Crippen molar-refractivity contribution in [3.8, 4) is 28.7 Å². The fourth-order valence-corrected chi connectivity index (χ4v) is 5.41. The van der Waals surface area contributed by atoms with Crippen molar-refractivity contribution in [3.63, 3.8) is 0 Å². The molecule has 0 saturated heterocycles. The first-order valence-corrected chi connectivity index (χ1v) is 13.4. The molecule has 5 nitrogen and oxygen atoms in total. The van der Waals surface area contributed by atoms with Crippen LogP contribution in [0.4, 0.5) is 0 Å². The number of pyridine rings is 1. The van der Waals surface area contributed by atoms with Crippen LogP contribution in [-0.2, 0) is 21.1 Å². The van der Waals surface area contributed by atoms with Crippen molar-refractivity contribution in [1.82, 2.24) is 14.1 Å². The van der Waals surface area contributed by atoms with Crippen LogP contribution in [0.3, 0.4) is 0 Å². The summed E-state index contributed by atoms with van der Waals surface area (Å²) in [4.78, 5) is 4.62. The number of hydrogen-bond acceptors (Lipinski definition) is 2. The topological polar surface area (TPSA) is 35.9 Å². The van der Waals surface area contributed by atoms with E-state index in [2.05, 4.69) is 81.1 Å². The van der Waals surface area contributed by atoms with Gasteiger partial charge in [0.25, 0.3) is 6.33 Å². The van der Waals surface area contributed by atoms with E-state index in [1.807, 2.05) is 83.4 Å². The summed E-state index contributed by atoms with van der Waals surface area (Å²) in [5.74, 6) is 2.03. The van der Waals surface area contributed by atoms with Gasteiger partial charge in [0.1, 0.15) is 5.82 Å². The molecule has 0 spiro atoms. The van der Waals surface area contributed by atoms with Crippen LogP contribution in [0.1, 0.15) is 0 Å². The Hall–Kier alpha value is -4.99. The number of imidazole rings is 1. The predicted molar refractivity (Wildman–Crippen MR) is 160 cm³/mol. The minimum atomic E-state index is 0. The number of fused-ring (bicyclic) bond motifs is 4. The minimum absolute atomic E-state index is 0. The van der Waals surface area contributed by atoms with E-state index in [0.29, 0.717) is 11.5 Å². The van der Waals surface area contributed by atoms with Gasteiger partial charge < -0.3 is 13.9 Å². The Morgan fingerprint density at radius 3 is 2.24 bits per heavy atom. The summed E-state index contributed by atoms with van der Waals surface area (Å²) in [5, 5.41) is 2.24. The van der Waals surface area contributed by atoms with Gasteiger partial charge in [-0.05, 0) is 41.4 Å². The average molecular weight is 722 g/mol. The molecule has 0 aliphatic carbocycles. The fourth-order valence-electron chi connectivity index (χ4n) is 5.41. The van der Waals surface area contributed by atoms with Gasteiger partial charge in [0, 0.05) is 44.3 Å². The molecule has 0 saturated carbocycles. The monoisotopic (exact) mass is 721 g/mol. The summed E-state index contributed by atoms with van der Waals surface area (Å²) < 4.78 is 12.6. The van der Waals surface area contributed by atoms with Crippen molar-refractivity contribution in [2.45, 2.75) is 0 Å². The zero-order valence-corrected chi connectivity index (χ0v) is 24.5. The zero-order chi connectivity index (χ0) is 27.2. The molecular weight excluding hydrogens is 700 g/mol. The zero-order valence-electron chi connectivity index (χ0n) is 22.2. The molecule has 0 radical (unpaired) electrons. The van der Waals surface area contributed by atoms with Gasteiger partial charge >= 0.3 is 0 Å². The molecule has 0 bridgehead atoms. The van der Waals surface area contributed by atoms with Crippen molar-refractivity contribution < 1.29 is 30.4 Å². The quantitative estimate of drug-likeness (QED) is 0.136. The van der Waals surface area contributed by atoms with Crippen molar-refractivity contribution in [1.29, 1.82) is 0 Å². The van der Waals surface area contributed by atoms with E-state index in [0.717, 1.165) is 50.0 Å². The first-order valence-electron chi connectivity index (χ1n) is 13.4. The molecule has 8 rings (SSSR count). The Bertz CT molecular complexity index is 2190. The third-order valence-electron chi connectivity index (χ3n) is 7.23. The maximum absolute atomic E-state index is 6.36. The van der Waals surface area contributed by atoms with Crippen LogP contribution in [0.25, 0.3) is 50.0 Å². The van der Waals surface area contributed by atoms with Crippen LogP contribution in [-0.4, -0.2) is 14.1 Å². The van der Waals surface area contributed by atoms with E-state index >= 15 is 0 Å². The van der Waals surface area contributed by atoms with Crippen molar-refractivity contribution >= 4 is 32.8 Å². The van der Waals surface area contributed by atoms with Gasteiger partial charge in [-0.25, -0.2) is 4.98 Å². The molecule has 0 aliphatic heterocycles. The van der Waals surface area contributed by atoms with E-state index < -0.39 is 0 Å². The molecule has 3 heterocycles. The summed E-state index contributed by atoms with van der Waals surface area (Å²) in [6.45, 7) is 0. The van der Waals surface area contributed by atoms with Crippen molar-refractivity contribution in [2.24, 2.45) is 0 Å². The SMILES string of the molecule is [Pt].[c-]1c(Oc2[c-]c3c(cc2)c2ccccc2n3-c2ccccn2)cccc1-n1[c-][n+](-c2ccccc2)c2ccccc21. The summed E-state index contributed by atoms with van der Waals surface area (Å²) in [7, 11) is 0. The number of benzene rings is 5. The van der Waals surface area contributed by atoms with Gasteiger partial charge in [-0.1, -0.05) is 72.2 Å². The largest absolute Gasteiger partial charge is 0.510 e. The number of ether oxygens (including phenoxy) is 1. The number of hydrogen-bond donors (Lipinski definition) is 0. The molecule has 6 heteroatoms. The van der Waals surface area contributed by atoms with Gasteiger partial charge in [0.15, 0.2) is 0 Å². The molecule has 0 atom stereocenters. The Labute approximate surface area is 257 Å². The summed E-state index contributed by atoms with van der Waals surface area (Å²) in [6, 6.07) is 49.6. The molecule has 204 valence electrons. The molecule has 0 aliphatic rings. The van der Waals surface area contributed by atoms with E-state index in [9.17, 15) is 0 Å². The standard InChI is InChI=1S/C36H22N4O.Pt/c1-2-11-26(12-3-1)38-25-39(34-18-7-6-17-33(34)38)27-13-10-14-28(23-27)41-29-20-21-31-30-15-4-5-16-32(30)40(35(31)24-29)36-19-8-9-22-37-36;/h1-22H;/q-2;. The van der Waals surface area contributed by atoms with E-state index in [1.54, 1.807) is 6.20 Å². The number of para-hydroxylation sites is 4. The van der Waals surface area contributed by atoms with Gasteiger partial charge in [-0.15, -0.1) is 29.7 Å². The molecule has 0 unspecified atom stereocenters. The summed E-state index contributed by atoms with van der Waals surface area (Å²) in [5.41, 5.74) is 5.94. The summed E-state index contributed by atoms with van der Waals surface area (Å²) in [6.07, 6.45) is 5.31. The first kappa shape index (κ1) is 25.9. The molecule has 0 fully saturated rings. The Morgan fingerprint density at radius 2 is 1.38 bits per heavy atom. The molecule has 5 aromatic carbocycles.